The molecule has 104 valence electrons. The predicted octanol–water partition coefficient (Wildman–Crippen LogP) is 3.27. The maximum atomic E-state index is 12.2. The number of nitrogen functional groups attached to an aromatic ring is 1. The highest BCUT2D eigenvalue weighted by Crippen LogP contribution is 2.32. The second-order valence-electron chi connectivity index (χ2n) is 5.03. The fourth-order valence-electron chi connectivity index (χ4n) is 2.32. The quantitative estimate of drug-likeness (QED) is 0.688. The molecule has 1 aromatic carbocycles. The number of rotatable bonds is 3. The summed E-state index contributed by atoms with van der Waals surface area (Å²) in [6.45, 7) is 3.94. The third-order valence-electron chi connectivity index (χ3n) is 3.35. The van der Waals surface area contributed by atoms with Gasteiger partial charge in [-0.3, -0.25) is 4.79 Å². The molecule has 1 aliphatic heterocycles. The Balaban J connectivity index is 1.93. The van der Waals surface area contributed by atoms with Gasteiger partial charge in [-0.05, 0) is 30.9 Å². The molecule has 0 bridgehead atoms. The molecule has 0 saturated carbocycles. The maximum absolute atomic E-state index is 12.2. The molecular formula is C14H19ClN2OS. The van der Waals surface area contributed by atoms with Crippen molar-refractivity contribution in [3.8, 4) is 0 Å². The van der Waals surface area contributed by atoms with Gasteiger partial charge in [-0.2, -0.15) is 0 Å². The van der Waals surface area contributed by atoms with Gasteiger partial charge in [0.15, 0.2) is 0 Å². The summed E-state index contributed by atoms with van der Waals surface area (Å²) in [5.74, 6) is 1.18. The zero-order chi connectivity index (χ0) is 13.8. The monoisotopic (exact) mass is 298 g/mol. The highest BCUT2D eigenvalue weighted by atomic mass is 35.5. The minimum absolute atomic E-state index is 0.177. The summed E-state index contributed by atoms with van der Waals surface area (Å²) in [7, 11) is 0. The average Bonchev–Trinajstić information content (AvgIpc) is 2.38. The Hall–Kier alpha value is -0.870. The number of halogens is 1. The number of nitrogens with zero attached hydrogens (tertiary/aromatic N) is 1. The molecule has 19 heavy (non-hydrogen) atoms. The number of benzene rings is 1. The van der Waals surface area contributed by atoms with E-state index in [1.165, 1.54) is 18.2 Å². The van der Waals surface area contributed by atoms with Gasteiger partial charge in [-0.1, -0.05) is 24.6 Å². The number of carbonyl (C=O) groups excluding carboxylic acids is 1. The van der Waals surface area contributed by atoms with Crippen LogP contribution in [0.2, 0.25) is 5.02 Å². The van der Waals surface area contributed by atoms with Crippen molar-refractivity contribution in [2.24, 2.45) is 5.92 Å². The van der Waals surface area contributed by atoms with Crippen molar-refractivity contribution in [1.29, 1.82) is 0 Å². The van der Waals surface area contributed by atoms with Crippen LogP contribution in [-0.2, 0) is 4.79 Å². The summed E-state index contributed by atoms with van der Waals surface area (Å²) in [6, 6.07) is 5.42. The molecule has 2 N–H and O–H groups in total. The Morgan fingerprint density at radius 3 is 3.05 bits per heavy atom. The number of carbonyl (C=O) groups is 1. The van der Waals surface area contributed by atoms with E-state index in [-0.39, 0.29) is 5.91 Å². The third kappa shape index (κ3) is 3.80. The second-order valence-corrected chi connectivity index (χ2v) is 6.43. The van der Waals surface area contributed by atoms with Gasteiger partial charge in [0.1, 0.15) is 0 Å². The molecule has 3 nitrogen and oxygen atoms in total. The van der Waals surface area contributed by atoms with Crippen LogP contribution in [0.4, 0.5) is 5.69 Å². The Kier molecular flexibility index (Phi) is 4.99. The van der Waals surface area contributed by atoms with Crippen LogP contribution < -0.4 is 5.73 Å². The van der Waals surface area contributed by atoms with Crippen LogP contribution in [-0.4, -0.2) is 29.6 Å². The van der Waals surface area contributed by atoms with Crippen molar-refractivity contribution in [2.45, 2.75) is 24.7 Å². The lowest BCUT2D eigenvalue weighted by molar-refractivity contribution is -0.130. The first-order chi connectivity index (χ1) is 9.08. The predicted molar refractivity (Wildman–Crippen MR) is 81.6 cm³/mol. The summed E-state index contributed by atoms with van der Waals surface area (Å²) in [4.78, 5) is 14.9. The van der Waals surface area contributed by atoms with E-state index in [2.05, 4.69) is 6.92 Å². The fourth-order valence-corrected chi connectivity index (χ4v) is 3.56. The third-order valence-corrected chi connectivity index (χ3v) is 4.91. The lowest BCUT2D eigenvalue weighted by Gasteiger charge is -2.30. The van der Waals surface area contributed by atoms with Crippen LogP contribution in [0.3, 0.4) is 0 Å². The molecule has 0 spiro atoms. The SMILES string of the molecule is CC1CCCN(C(=O)CSc2c(N)cccc2Cl)C1. The Labute approximate surface area is 123 Å². The molecule has 1 unspecified atom stereocenters. The van der Waals surface area contributed by atoms with Crippen molar-refractivity contribution in [1.82, 2.24) is 4.90 Å². The summed E-state index contributed by atoms with van der Waals surface area (Å²) in [5, 5.41) is 0.616. The summed E-state index contributed by atoms with van der Waals surface area (Å²) >= 11 is 7.52. The Morgan fingerprint density at radius 2 is 2.37 bits per heavy atom. The van der Waals surface area contributed by atoms with Crippen LogP contribution in [0.15, 0.2) is 23.1 Å². The van der Waals surface area contributed by atoms with Crippen LogP contribution in [0.25, 0.3) is 0 Å². The largest absolute Gasteiger partial charge is 0.398 e. The number of nitrogens with two attached hydrogens (primary N) is 1. The summed E-state index contributed by atoms with van der Waals surface area (Å²) in [5.41, 5.74) is 6.51. The summed E-state index contributed by atoms with van der Waals surface area (Å²) in [6.07, 6.45) is 2.32. The van der Waals surface area contributed by atoms with Gasteiger partial charge in [-0.25, -0.2) is 0 Å². The van der Waals surface area contributed by atoms with Crippen molar-refractivity contribution < 1.29 is 4.79 Å². The van der Waals surface area contributed by atoms with Gasteiger partial charge in [0.2, 0.25) is 5.91 Å². The van der Waals surface area contributed by atoms with Crippen molar-refractivity contribution in [3.05, 3.63) is 23.2 Å². The number of thioether (sulfide) groups is 1. The molecule has 1 heterocycles. The Morgan fingerprint density at radius 1 is 1.58 bits per heavy atom. The first-order valence-electron chi connectivity index (χ1n) is 6.52. The second kappa shape index (κ2) is 6.53. The molecule has 2 rings (SSSR count). The van der Waals surface area contributed by atoms with Crippen LogP contribution in [0.1, 0.15) is 19.8 Å². The topological polar surface area (TPSA) is 46.3 Å². The molecule has 1 atom stereocenters. The smallest absolute Gasteiger partial charge is 0.232 e. The van der Waals surface area contributed by atoms with E-state index in [4.69, 9.17) is 17.3 Å². The van der Waals surface area contributed by atoms with Gasteiger partial charge in [0.25, 0.3) is 0 Å². The number of likely N-dealkylation sites (tertiary alicyclic amines) is 1. The number of hydrogen-bond donors (Lipinski definition) is 1. The highest BCUT2D eigenvalue weighted by molar-refractivity contribution is 8.00. The molecule has 5 heteroatoms. The average molecular weight is 299 g/mol. The highest BCUT2D eigenvalue weighted by Gasteiger charge is 2.21. The Bertz CT molecular complexity index is 447. The zero-order valence-electron chi connectivity index (χ0n) is 11.1. The van der Waals surface area contributed by atoms with Gasteiger partial charge >= 0.3 is 0 Å². The minimum atomic E-state index is 0.177. The van der Waals surface area contributed by atoms with Crippen LogP contribution >= 0.6 is 23.4 Å². The molecule has 1 aromatic rings. The van der Waals surface area contributed by atoms with Crippen LogP contribution in [0, 0.1) is 5.92 Å². The summed E-state index contributed by atoms with van der Waals surface area (Å²) < 4.78 is 0. The number of anilines is 1. The van der Waals surface area contributed by atoms with Crippen LogP contribution in [0.5, 0.6) is 0 Å². The van der Waals surface area contributed by atoms with Crippen molar-refractivity contribution >= 4 is 35.0 Å². The van der Waals surface area contributed by atoms with Crippen molar-refractivity contribution in [3.63, 3.8) is 0 Å². The minimum Gasteiger partial charge on any atom is -0.398 e. The molecular weight excluding hydrogens is 280 g/mol. The first kappa shape index (κ1) is 14.5. The molecule has 0 aromatic heterocycles. The van der Waals surface area contributed by atoms with E-state index < -0.39 is 0 Å². The van der Waals surface area contributed by atoms with Gasteiger partial charge in [0, 0.05) is 23.7 Å². The lowest BCUT2D eigenvalue weighted by Crippen LogP contribution is -2.40. The standard InChI is InChI=1S/C14H19ClN2OS/c1-10-4-3-7-17(8-10)13(18)9-19-14-11(15)5-2-6-12(14)16/h2,5-6,10H,3-4,7-9,16H2,1H3. The van der Waals surface area contributed by atoms with Gasteiger partial charge < -0.3 is 10.6 Å². The first-order valence-corrected chi connectivity index (χ1v) is 7.89. The lowest BCUT2D eigenvalue weighted by atomic mass is 10.0. The molecule has 0 aliphatic carbocycles. The number of hydrogen-bond acceptors (Lipinski definition) is 3. The molecule has 1 saturated heterocycles. The van der Waals surface area contributed by atoms with E-state index in [1.54, 1.807) is 6.07 Å². The number of amides is 1. The van der Waals surface area contributed by atoms with E-state index in [0.29, 0.717) is 22.4 Å². The fraction of sp³-hybridized carbons (Fsp3) is 0.500. The van der Waals surface area contributed by atoms with E-state index in [0.717, 1.165) is 24.4 Å². The normalized spacial score (nSPS) is 19.5. The van der Waals surface area contributed by atoms with E-state index >= 15 is 0 Å². The molecule has 1 aliphatic rings. The van der Waals surface area contributed by atoms with Gasteiger partial charge in [0.05, 0.1) is 10.8 Å². The zero-order valence-corrected chi connectivity index (χ0v) is 12.6. The van der Waals surface area contributed by atoms with Gasteiger partial charge in [-0.15, -0.1) is 11.8 Å². The maximum Gasteiger partial charge on any atom is 0.232 e. The van der Waals surface area contributed by atoms with E-state index in [9.17, 15) is 4.79 Å². The molecule has 0 radical (unpaired) electrons. The molecule has 1 amide bonds. The van der Waals surface area contributed by atoms with Crippen molar-refractivity contribution in [2.75, 3.05) is 24.6 Å². The molecule has 1 fully saturated rings. The number of piperidine rings is 1. The van der Waals surface area contributed by atoms with E-state index in [1.807, 2.05) is 17.0 Å².